The molecule has 0 aliphatic heterocycles. The zero-order chi connectivity index (χ0) is 33.7. The molecule has 4 nitrogen and oxygen atoms in total. The number of hydrogen-bond acceptors (Lipinski definition) is 4. The van der Waals surface area contributed by atoms with Gasteiger partial charge in [0.2, 0.25) is 5.89 Å². The van der Waals surface area contributed by atoms with E-state index in [2.05, 4.69) is 144 Å². The quantitative estimate of drug-likeness (QED) is 0.179. The number of anilines is 3. The van der Waals surface area contributed by atoms with E-state index >= 15 is 0 Å². The third-order valence-electron chi connectivity index (χ3n) is 9.71. The van der Waals surface area contributed by atoms with Crippen molar-refractivity contribution in [3.05, 3.63) is 182 Å². The van der Waals surface area contributed by atoms with Gasteiger partial charge in [-0.25, -0.2) is 4.98 Å². The molecule has 0 radical (unpaired) electrons. The van der Waals surface area contributed by atoms with E-state index in [9.17, 15) is 0 Å². The smallest absolute Gasteiger partial charge is 0.227 e. The molecule has 51 heavy (non-hydrogen) atoms. The van der Waals surface area contributed by atoms with Gasteiger partial charge >= 0.3 is 0 Å². The van der Waals surface area contributed by atoms with Crippen LogP contribution in [0.3, 0.4) is 0 Å². The lowest BCUT2D eigenvalue weighted by atomic mass is 9.96. The highest BCUT2D eigenvalue weighted by Crippen LogP contribution is 2.47. The zero-order valence-corrected chi connectivity index (χ0v) is 27.5. The topological polar surface area (TPSA) is 42.4 Å². The molecule has 10 aromatic rings. The monoisotopic (exact) mass is 654 g/mol. The van der Waals surface area contributed by atoms with E-state index in [4.69, 9.17) is 13.8 Å². The first-order chi connectivity index (χ1) is 25.3. The van der Waals surface area contributed by atoms with E-state index in [0.29, 0.717) is 5.89 Å². The molecule has 0 aliphatic rings. The second-order valence-corrected chi connectivity index (χ2v) is 12.7. The third-order valence-corrected chi connectivity index (χ3v) is 9.71. The predicted octanol–water partition coefficient (Wildman–Crippen LogP) is 13.4. The van der Waals surface area contributed by atoms with Crippen LogP contribution in [0.1, 0.15) is 0 Å². The molecule has 0 saturated carbocycles. The fraction of sp³-hybridized carbons (Fsp3) is 0. The standard InChI is InChI=1S/C47H30N2O2/c1-3-13-31(14-4-1)32-25-27-35(28-26-32)49(42-23-10-9-20-38(42)37-21-11-18-33-15-7-8-19-36(33)37)43-24-12-22-39-40-29-45-41(30-44(40)50-46(39)43)48-47(51-45)34-16-5-2-6-17-34/h1-30H. The summed E-state index contributed by atoms with van der Waals surface area (Å²) >= 11 is 0. The summed E-state index contributed by atoms with van der Waals surface area (Å²) in [5.41, 5.74) is 11.7. The van der Waals surface area contributed by atoms with E-state index < -0.39 is 0 Å². The number of para-hydroxylation sites is 2. The Balaban J connectivity index is 1.19. The van der Waals surface area contributed by atoms with Crippen molar-refractivity contribution < 1.29 is 8.83 Å². The van der Waals surface area contributed by atoms with Crippen LogP contribution in [0.25, 0.3) is 77.5 Å². The first-order valence-electron chi connectivity index (χ1n) is 17.1. The summed E-state index contributed by atoms with van der Waals surface area (Å²) in [5, 5.41) is 4.41. The Hall–Kier alpha value is -6.91. The Morgan fingerprint density at radius 2 is 1.04 bits per heavy atom. The van der Waals surface area contributed by atoms with Crippen LogP contribution in [0, 0.1) is 0 Å². The van der Waals surface area contributed by atoms with Gasteiger partial charge in [-0.2, -0.15) is 0 Å². The molecule has 8 aromatic carbocycles. The molecule has 0 bridgehead atoms. The SMILES string of the molecule is c1ccc(-c2ccc(N(c3ccccc3-c3cccc4ccccc34)c3cccc4c3oc3cc5nc(-c6ccccc6)oc5cc34)cc2)cc1. The first kappa shape index (κ1) is 29.0. The molecular formula is C47H30N2O2. The van der Waals surface area contributed by atoms with Crippen molar-refractivity contribution >= 4 is 60.9 Å². The predicted molar refractivity (Wildman–Crippen MR) is 210 cm³/mol. The van der Waals surface area contributed by atoms with E-state index in [-0.39, 0.29) is 0 Å². The van der Waals surface area contributed by atoms with Gasteiger partial charge in [0, 0.05) is 33.7 Å². The molecule has 0 atom stereocenters. The van der Waals surface area contributed by atoms with Crippen LogP contribution in [0.5, 0.6) is 0 Å². The van der Waals surface area contributed by atoms with Crippen LogP contribution >= 0.6 is 0 Å². The van der Waals surface area contributed by atoms with Crippen molar-refractivity contribution in [3.8, 4) is 33.7 Å². The summed E-state index contributed by atoms with van der Waals surface area (Å²) in [6.07, 6.45) is 0. The highest BCUT2D eigenvalue weighted by Gasteiger charge is 2.23. The van der Waals surface area contributed by atoms with Gasteiger partial charge in [-0.1, -0.05) is 133 Å². The molecule has 0 saturated heterocycles. The maximum Gasteiger partial charge on any atom is 0.227 e. The minimum absolute atomic E-state index is 0.596. The Bertz CT molecular complexity index is 2850. The van der Waals surface area contributed by atoms with Crippen LogP contribution in [0.15, 0.2) is 191 Å². The summed E-state index contributed by atoms with van der Waals surface area (Å²) in [5.74, 6) is 0.596. The Morgan fingerprint density at radius 3 is 1.88 bits per heavy atom. The second kappa shape index (κ2) is 11.9. The molecule has 0 unspecified atom stereocenters. The van der Waals surface area contributed by atoms with Crippen molar-refractivity contribution in [2.75, 3.05) is 4.90 Å². The summed E-state index contributed by atoms with van der Waals surface area (Å²) < 4.78 is 13.1. The first-order valence-corrected chi connectivity index (χ1v) is 17.1. The fourth-order valence-corrected chi connectivity index (χ4v) is 7.28. The molecule has 4 heteroatoms. The van der Waals surface area contributed by atoms with Crippen LogP contribution in [-0.4, -0.2) is 4.98 Å². The van der Waals surface area contributed by atoms with Crippen molar-refractivity contribution in [2.45, 2.75) is 0 Å². The van der Waals surface area contributed by atoms with Gasteiger partial charge in [-0.15, -0.1) is 0 Å². The average molecular weight is 655 g/mol. The number of hydrogen-bond donors (Lipinski definition) is 0. The van der Waals surface area contributed by atoms with E-state index in [0.717, 1.165) is 66.8 Å². The van der Waals surface area contributed by atoms with E-state index in [1.54, 1.807) is 0 Å². The maximum atomic E-state index is 6.82. The van der Waals surface area contributed by atoms with Crippen molar-refractivity contribution in [3.63, 3.8) is 0 Å². The number of nitrogens with zero attached hydrogens (tertiary/aromatic N) is 2. The lowest BCUT2D eigenvalue weighted by Crippen LogP contribution is -2.11. The van der Waals surface area contributed by atoms with Gasteiger partial charge in [0.15, 0.2) is 11.2 Å². The number of fused-ring (bicyclic) bond motifs is 5. The summed E-state index contributed by atoms with van der Waals surface area (Å²) in [4.78, 5) is 7.15. The van der Waals surface area contributed by atoms with E-state index in [1.165, 1.54) is 21.9 Å². The third kappa shape index (κ3) is 4.96. The lowest BCUT2D eigenvalue weighted by Gasteiger charge is -2.28. The molecular weight excluding hydrogens is 625 g/mol. The largest absolute Gasteiger partial charge is 0.454 e. The minimum Gasteiger partial charge on any atom is -0.454 e. The van der Waals surface area contributed by atoms with E-state index in [1.807, 2.05) is 42.5 Å². The van der Waals surface area contributed by atoms with Gasteiger partial charge in [0.1, 0.15) is 11.1 Å². The van der Waals surface area contributed by atoms with Crippen LogP contribution in [0.2, 0.25) is 0 Å². The Morgan fingerprint density at radius 1 is 0.412 bits per heavy atom. The Kier molecular flexibility index (Phi) is 6.78. The average Bonchev–Trinajstić information content (AvgIpc) is 3.79. The highest BCUT2D eigenvalue weighted by molar-refractivity contribution is 6.13. The molecule has 0 N–H and O–H groups in total. The molecule has 0 spiro atoms. The van der Waals surface area contributed by atoms with Crippen molar-refractivity contribution in [1.29, 1.82) is 0 Å². The summed E-state index contributed by atoms with van der Waals surface area (Å²) in [7, 11) is 0. The van der Waals surface area contributed by atoms with Gasteiger partial charge < -0.3 is 13.7 Å². The number of rotatable bonds is 6. The number of benzene rings is 8. The molecule has 0 amide bonds. The second-order valence-electron chi connectivity index (χ2n) is 12.7. The highest BCUT2D eigenvalue weighted by atomic mass is 16.4. The zero-order valence-electron chi connectivity index (χ0n) is 27.5. The molecule has 2 heterocycles. The molecule has 0 fully saturated rings. The Labute approximate surface area is 294 Å². The summed E-state index contributed by atoms with van der Waals surface area (Å²) in [6, 6.07) is 63.4. The summed E-state index contributed by atoms with van der Waals surface area (Å²) in [6.45, 7) is 0. The fourth-order valence-electron chi connectivity index (χ4n) is 7.28. The number of aromatic nitrogens is 1. The van der Waals surface area contributed by atoms with Crippen molar-refractivity contribution in [1.82, 2.24) is 4.98 Å². The van der Waals surface area contributed by atoms with Crippen LogP contribution in [0.4, 0.5) is 17.1 Å². The molecule has 2 aromatic heterocycles. The van der Waals surface area contributed by atoms with Gasteiger partial charge in [0.25, 0.3) is 0 Å². The number of furan rings is 1. The van der Waals surface area contributed by atoms with Gasteiger partial charge in [-0.3, -0.25) is 0 Å². The number of oxazole rings is 1. The van der Waals surface area contributed by atoms with Gasteiger partial charge in [0.05, 0.1) is 11.4 Å². The van der Waals surface area contributed by atoms with Crippen LogP contribution < -0.4 is 4.90 Å². The molecule has 240 valence electrons. The normalized spacial score (nSPS) is 11.5. The molecule has 10 rings (SSSR count). The molecule has 0 aliphatic carbocycles. The minimum atomic E-state index is 0.596. The van der Waals surface area contributed by atoms with Gasteiger partial charge in [-0.05, 0) is 69.9 Å². The van der Waals surface area contributed by atoms with Crippen molar-refractivity contribution in [2.24, 2.45) is 0 Å². The van der Waals surface area contributed by atoms with Crippen LogP contribution in [-0.2, 0) is 0 Å². The lowest BCUT2D eigenvalue weighted by molar-refractivity contribution is 0.620. The maximum absolute atomic E-state index is 6.82.